The van der Waals surface area contributed by atoms with Gasteiger partial charge in [-0.25, -0.2) is 0 Å². The van der Waals surface area contributed by atoms with Crippen molar-refractivity contribution in [1.29, 1.82) is 0 Å². The molecular weight excluding hydrogens is 364 g/mol. The third kappa shape index (κ3) is 3.68. The molecule has 1 aliphatic rings. The van der Waals surface area contributed by atoms with Crippen molar-refractivity contribution in [3.63, 3.8) is 0 Å². The van der Waals surface area contributed by atoms with Gasteiger partial charge in [0.25, 0.3) is 0 Å². The lowest BCUT2D eigenvalue weighted by atomic mass is 10.0. The van der Waals surface area contributed by atoms with Crippen LogP contribution in [0.1, 0.15) is 25.8 Å². The molecule has 2 aromatic carbocycles. The number of fused-ring (bicyclic) bond motifs is 1. The third-order valence-electron chi connectivity index (χ3n) is 5.67. The third-order valence-corrected chi connectivity index (χ3v) is 5.67. The van der Waals surface area contributed by atoms with E-state index < -0.39 is 5.72 Å². The first-order valence-electron chi connectivity index (χ1n) is 10.1. The van der Waals surface area contributed by atoms with Gasteiger partial charge in [-0.3, -0.25) is 4.99 Å². The SMILES string of the molecule is CCC(C)(O)N(Cc1c(-c2ccc(OC)cc2)[nH]c2ccccc12)C1=NCCN1. The number of aliphatic hydroxyl groups is 1. The highest BCUT2D eigenvalue weighted by molar-refractivity contribution is 5.91. The van der Waals surface area contributed by atoms with Crippen molar-refractivity contribution in [1.82, 2.24) is 15.2 Å². The zero-order valence-corrected chi connectivity index (χ0v) is 17.2. The summed E-state index contributed by atoms with van der Waals surface area (Å²) in [6, 6.07) is 16.3. The van der Waals surface area contributed by atoms with Crippen LogP contribution in [-0.2, 0) is 6.54 Å². The number of H-pyrrole nitrogens is 1. The summed E-state index contributed by atoms with van der Waals surface area (Å²) < 4.78 is 5.31. The molecule has 29 heavy (non-hydrogen) atoms. The van der Waals surface area contributed by atoms with Crippen LogP contribution in [0.3, 0.4) is 0 Å². The van der Waals surface area contributed by atoms with Crippen molar-refractivity contribution in [2.75, 3.05) is 20.2 Å². The number of rotatable bonds is 6. The Morgan fingerprint density at radius 3 is 2.59 bits per heavy atom. The van der Waals surface area contributed by atoms with Crippen LogP contribution < -0.4 is 10.1 Å². The minimum absolute atomic E-state index is 0.540. The number of aromatic amines is 1. The van der Waals surface area contributed by atoms with Crippen LogP contribution in [0, 0.1) is 0 Å². The second-order valence-electron chi connectivity index (χ2n) is 7.54. The highest BCUT2D eigenvalue weighted by atomic mass is 16.5. The Labute approximate surface area is 171 Å². The van der Waals surface area contributed by atoms with E-state index in [0.717, 1.165) is 52.5 Å². The molecule has 6 heteroatoms. The average molecular weight is 393 g/mol. The maximum Gasteiger partial charge on any atom is 0.196 e. The van der Waals surface area contributed by atoms with E-state index >= 15 is 0 Å². The molecule has 0 fully saturated rings. The molecule has 2 heterocycles. The van der Waals surface area contributed by atoms with Gasteiger partial charge < -0.3 is 25.0 Å². The quantitative estimate of drug-likeness (QED) is 0.559. The van der Waals surface area contributed by atoms with Crippen LogP contribution in [0.5, 0.6) is 5.75 Å². The number of methoxy groups -OCH3 is 1. The summed E-state index contributed by atoms with van der Waals surface area (Å²) in [5.41, 5.74) is 3.33. The second kappa shape index (κ2) is 7.79. The second-order valence-corrected chi connectivity index (χ2v) is 7.54. The lowest BCUT2D eigenvalue weighted by Crippen LogP contribution is -2.52. The Hall–Kier alpha value is -2.99. The molecule has 1 unspecified atom stereocenters. The van der Waals surface area contributed by atoms with Gasteiger partial charge in [-0.15, -0.1) is 0 Å². The lowest BCUT2D eigenvalue weighted by Gasteiger charge is -2.38. The molecule has 1 aliphatic heterocycles. The summed E-state index contributed by atoms with van der Waals surface area (Å²) in [5, 5.41) is 15.6. The van der Waals surface area contributed by atoms with Crippen LogP contribution in [0.15, 0.2) is 53.5 Å². The van der Waals surface area contributed by atoms with E-state index in [1.54, 1.807) is 7.11 Å². The number of para-hydroxylation sites is 1. The van der Waals surface area contributed by atoms with E-state index in [9.17, 15) is 5.11 Å². The largest absolute Gasteiger partial charge is 0.497 e. The number of nitrogens with one attached hydrogen (secondary N) is 2. The number of nitrogens with zero attached hydrogens (tertiary/aromatic N) is 2. The molecule has 6 nitrogen and oxygen atoms in total. The number of ether oxygens (including phenoxy) is 1. The van der Waals surface area contributed by atoms with Crippen LogP contribution >= 0.6 is 0 Å². The van der Waals surface area contributed by atoms with Gasteiger partial charge in [0.05, 0.1) is 25.9 Å². The van der Waals surface area contributed by atoms with Gasteiger partial charge in [0, 0.05) is 23.0 Å². The Kier molecular flexibility index (Phi) is 5.20. The van der Waals surface area contributed by atoms with E-state index in [1.807, 2.05) is 43.0 Å². The molecule has 0 radical (unpaired) electrons. The van der Waals surface area contributed by atoms with Gasteiger partial charge in [0.1, 0.15) is 11.5 Å². The topological polar surface area (TPSA) is 72.9 Å². The van der Waals surface area contributed by atoms with E-state index in [4.69, 9.17) is 4.74 Å². The lowest BCUT2D eigenvalue weighted by molar-refractivity contribution is -0.0614. The zero-order valence-electron chi connectivity index (χ0n) is 17.2. The molecule has 0 saturated carbocycles. The molecule has 0 spiro atoms. The molecule has 1 atom stereocenters. The summed E-state index contributed by atoms with van der Waals surface area (Å²) in [4.78, 5) is 10.1. The van der Waals surface area contributed by atoms with E-state index in [0.29, 0.717) is 13.0 Å². The fourth-order valence-electron chi connectivity index (χ4n) is 3.76. The van der Waals surface area contributed by atoms with Gasteiger partial charge in [0.15, 0.2) is 5.96 Å². The summed E-state index contributed by atoms with van der Waals surface area (Å²) in [5.74, 6) is 1.58. The number of hydrogen-bond donors (Lipinski definition) is 3. The fraction of sp³-hybridized carbons (Fsp3) is 0.348. The first-order valence-corrected chi connectivity index (χ1v) is 10.1. The average Bonchev–Trinajstić information content (AvgIpc) is 3.40. The summed E-state index contributed by atoms with van der Waals surface area (Å²) >= 11 is 0. The molecule has 1 aromatic heterocycles. The standard InChI is InChI=1S/C23H28N4O2/c1-4-23(2,28)27(22-24-13-14-25-22)15-19-18-7-5-6-8-20(18)26-21(19)16-9-11-17(29-3)12-10-16/h5-12,26,28H,4,13-15H2,1-3H3,(H,24,25). The minimum Gasteiger partial charge on any atom is -0.497 e. The Balaban J connectivity index is 1.82. The van der Waals surface area contributed by atoms with Crippen molar-refractivity contribution < 1.29 is 9.84 Å². The monoisotopic (exact) mass is 392 g/mol. The molecule has 0 bridgehead atoms. The molecular formula is C23H28N4O2. The fourth-order valence-corrected chi connectivity index (χ4v) is 3.76. The predicted molar refractivity (Wildman–Crippen MR) is 117 cm³/mol. The van der Waals surface area contributed by atoms with Crippen LogP contribution in [0.25, 0.3) is 22.2 Å². The van der Waals surface area contributed by atoms with Gasteiger partial charge in [-0.05, 0) is 49.2 Å². The number of hydrogen-bond acceptors (Lipinski definition) is 5. The molecule has 0 aliphatic carbocycles. The minimum atomic E-state index is -1.01. The maximum absolute atomic E-state index is 11.1. The number of aliphatic imine (C=N–C) groups is 1. The summed E-state index contributed by atoms with van der Waals surface area (Å²) in [6.07, 6.45) is 0.591. The molecule has 0 saturated heterocycles. The number of benzene rings is 2. The van der Waals surface area contributed by atoms with E-state index in [-0.39, 0.29) is 0 Å². The Bertz CT molecular complexity index is 1020. The van der Waals surface area contributed by atoms with Gasteiger partial charge >= 0.3 is 0 Å². The first-order chi connectivity index (χ1) is 14.0. The molecule has 4 rings (SSSR count). The van der Waals surface area contributed by atoms with Crippen molar-refractivity contribution in [3.05, 3.63) is 54.1 Å². The van der Waals surface area contributed by atoms with Crippen molar-refractivity contribution in [2.24, 2.45) is 4.99 Å². The van der Waals surface area contributed by atoms with E-state index in [1.165, 1.54) is 0 Å². The van der Waals surface area contributed by atoms with Crippen LogP contribution in [0.2, 0.25) is 0 Å². The Morgan fingerprint density at radius 2 is 1.93 bits per heavy atom. The highest BCUT2D eigenvalue weighted by Gasteiger charge is 2.32. The predicted octanol–water partition coefficient (Wildman–Crippen LogP) is 3.72. The highest BCUT2D eigenvalue weighted by Crippen LogP contribution is 2.34. The normalized spacial score (nSPS) is 15.7. The summed E-state index contributed by atoms with van der Waals surface area (Å²) in [7, 11) is 1.67. The molecule has 0 amide bonds. The van der Waals surface area contributed by atoms with Crippen LogP contribution in [0.4, 0.5) is 0 Å². The molecule has 3 aromatic rings. The smallest absolute Gasteiger partial charge is 0.196 e. The van der Waals surface area contributed by atoms with Gasteiger partial charge in [-0.2, -0.15) is 0 Å². The van der Waals surface area contributed by atoms with Crippen molar-refractivity contribution >= 4 is 16.9 Å². The summed E-state index contributed by atoms with van der Waals surface area (Å²) in [6.45, 7) is 5.90. The zero-order chi connectivity index (χ0) is 20.4. The van der Waals surface area contributed by atoms with Crippen LogP contribution in [-0.4, -0.2) is 46.9 Å². The van der Waals surface area contributed by atoms with Gasteiger partial charge in [0.2, 0.25) is 0 Å². The number of guanidine groups is 1. The Morgan fingerprint density at radius 1 is 1.17 bits per heavy atom. The van der Waals surface area contributed by atoms with Crippen molar-refractivity contribution in [3.8, 4) is 17.0 Å². The number of aromatic nitrogens is 1. The molecule has 3 N–H and O–H groups in total. The van der Waals surface area contributed by atoms with E-state index in [2.05, 4.69) is 39.6 Å². The maximum atomic E-state index is 11.1. The van der Waals surface area contributed by atoms with Crippen molar-refractivity contribution in [2.45, 2.75) is 32.5 Å². The van der Waals surface area contributed by atoms with Gasteiger partial charge in [-0.1, -0.05) is 25.1 Å². The molecule has 152 valence electrons. The first kappa shape index (κ1) is 19.3.